The van der Waals surface area contributed by atoms with Crippen LogP contribution >= 0.6 is 0 Å². The Morgan fingerprint density at radius 1 is 0.875 bits per heavy atom. The number of amides is 2. The van der Waals surface area contributed by atoms with Gasteiger partial charge < -0.3 is 20.7 Å². The molecule has 166 valence electrons. The van der Waals surface area contributed by atoms with E-state index in [4.69, 9.17) is 4.74 Å². The molecule has 6 nitrogen and oxygen atoms in total. The zero-order valence-electron chi connectivity index (χ0n) is 18.3. The third-order valence-electron chi connectivity index (χ3n) is 4.81. The highest BCUT2D eigenvalue weighted by atomic mass is 16.5. The van der Waals surface area contributed by atoms with Gasteiger partial charge in [0.25, 0.3) is 5.91 Å². The van der Waals surface area contributed by atoms with Crippen LogP contribution in [-0.2, 0) is 11.3 Å². The van der Waals surface area contributed by atoms with Gasteiger partial charge in [0, 0.05) is 17.8 Å². The first-order valence-corrected chi connectivity index (χ1v) is 10.8. The molecule has 0 aliphatic carbocycles. The maximum atomic E-state index is 12.4. The average molecular weight is 432 g/mol. The summed E-state index contributed by atoms with van der Waals surface area (Å²) in [5.41, 5.74) is 3.02. The summed E-state index contributed by atoms with van der Waals surface area (Å²) in [6.07, 6.45) is 2.01. The second-order valence-electron chi connectivity index (χ2n) is 7.35. The first-order valence-electron chi connectivity index (χ1n) is 10.8. The van der Waals surface area contributed by atoms with E-state index in [2.05, 4.69) is 22.9 Å². The summed E-state index contributed by atoms with van der Waals surface area (Å²) < 4.78 is 5.75. The first kappa shape index (κ1) is 22.9. The van der Waals surface area contributed by atoms with Crippen LogP contribution in [0.3, 0.4) is 0 Å². The molecule has 0 unspecified atom stereocenters. The highest BCUT2D eigenvalue weighted by Crippen LogP contribution is 2.24. The first-order chi connectivity index (χ1) is 15.7. The lowest BCUT2D eigenvalue weighted by molar-refractivity contribution is -0.114. The quantitative estimate of drug-likeness (QED) is 0.379. The monoisotopic (exact) mass is 431 g/mol. The Hall–Kier alpha value is -3.80. The average Bonchev–Trinajstić information content (AvgIpc) is 2.83. The Balaban J connectivity index is 1.47. The third kappa shape index (κ3) is 7.16. The molecule has 0 fully saturated rings. The Morgan fingerprint density at radius 3 is 2.34 bits per heavy atom. The van der Waals surface area contributed by atoms with Crippen molar-refractivity contribution in [3.05, 3.63) is 90.0 Å². The highest BCUT2D eigenvalue weighted by Gasteiger charge is 2.09. The van der Waals surface area contributed by atoms with E-state index in [-0.39, 0.29) is 18.4 Å². The van der Waals surface area contributed by atoms with Gasteiger partial charge in [-0.15, -0.1) is 0 Å². The van der Waals surface area contributed by atoms with Crippen LogP contribution in [0.4, 0.5) is 11.4 Å². The van der Waals surface area contributed by atoms with Crippen molar-refractivity contribution >= 4 is 23.2 Å². The normalized spacial score (nSPS) is 10.3. The molecule has 0 spiro atoms. The van der Waals surface area contributed by atoms with E-state index in [1.165, 1.54) is 0 Å². The minimum absolute atomic E-state index is 0.100. The smallest absolute Gasteiger partial charge is 0.251 e. The maximum absolute atomic E-state index is 12.4. The molecule has 3 N–H and O–H groups in total. The van der Waals surface area contributed by atoms with Gasteiger partial charge in [-0.25, -0.2) is 0 Å². The van der Waals surface area contributed by atoms with Crippen molar-refractivity contribution in [2.45, 2.75) is 26.3 Å². The van der Waals surface area contributed by atoms with Crippen molar-refractivity contribution in [3.63, 3.8) is 0 Å². The van der Waals surface area contributed by atoms with Crippen molar-refractivity contribution in [2.24, 2.45) is 0 Å². The molecule has 32 heavy (non-hydrogen) atoms. The van der Waals surface area contributed by atoms with E-state index in [1.807, 2.05) is 54.6 Å². The molecule has 0 saturated carbocycles. The molecule has 3 aromatic rings. The largest absolute Gasteiger partial charge is 0.491 e. The molecule has 0 bridgehead atoms. The molecule has 3 rings (SSSR count). The maximum Gasteiger partial charge on any atom is 0.251 e. The van der Waals surface area contributed by atoms with Gasteiger partial charge in [-0.1, -0.05) is 55.8 Å². The summed E-state index contributed by atoms with van der Waals surface area (Å²) in [6, 6.07) is 24.2. The number of rotatable bonds is 11. The summed E-state index contributed by atoms with van der Waals surface area (Å²) in [5, 5.41) is 8.86. The van der Waals surface area contributed by atoms with Gasteiger partial charge in [-0.3, -0.25) is 9.59 Å². The Labute approximate surface area is 189 Å². The van der Waals surface area contributed by atoms with Gasteiger partial charge in [0.2, 0.25) is 5.91 Å². The fourth-order valence-electron chi connectivity index (χ4n) is 3.02. The van der Waals surface area contributed by atoms with E-state index in [9.17, 15) is 9.59 Å². The van der Waals surface area contributed by atoms with Crippen LogP contribution in [0.2, 0.25) is 0 Å². The summed E-state index contributed by atoms with van der Waals surface area (Å²) in [4.78, 5) is 24.7. The van der Waals surface area contributed by atoms with Crippen LogP contribution in [-0.4, -0.2) is 25.0 Å². The van der Waals surface area contributed by atoms with Gasteiger partial charge in [0.05, 0.1) is 18.8 Å². The molecule has 3 aromatic carbocycles. The van der Waals surface area contributed by atoms with E-state index in [0.29, 0.717) is 30.2 Å². The van der Waals surface area contributed by atoms with E-state index in [1.54, 1.807) is 24.3 Å². The molecule has 6 heteroatoms. The number of hydrogen-bond donors (Lipinski definition) is 3. The van der Waals surface area contributed by atoms with E-state index < -0.39 is 0 Å². The van der Waals surface area contributed by atoms with E-state index >= 15 is 0 Å². The third-order valence-corrected chi connectivity index (χ3v) is 4.81. The lowest BCUT2D eigenvalue weighted by Gasteiger charge is -2.13. The molecule has 0 saturated heterocycles. The molecule has 0 atom stereocenters. The van der Waals surface area contributed by atoms with Crippen LogP contribution in [0, 0.1) is 0 Å². The minimum atomic E-state index is -0.179. The van der Waals surface area contributed by atoms with Crippen LogP contribution < -0.4 is 20.7 Å². The van der Waals surface area contributed by atoms with Gasteiger partial charge in [-0.05, 0) is 48.4 Å². The number of nitrogens with one attached hydrogen (secondary N) is 3. The molecule has 0 radical (unpaired) electrons. The van der Waals surface area contributed by atoms with Crippen LogP contribution in [0.5, 0.6) is 5.75 Å². The molecular weight excluding hydrogens is 402 g/mol. The zero-order valence-corrected chi connectivity index (χ0v) is 18.3. The fraction of sp³-hybridized carbons (Fsp3) is 0.231. The summed E-state index contributed by atoms with van der Waals surface area (Å²) in [6.45, 7) is 3.30. The number of unbranched alkanes of at least 4 members (excludes halogenated alkanes) is 1. The van der Waals surface area contributed by atoms with Gasteiger partial charge in [0.1, 0.15) is 5.75 Å². The lowest BCUT2D eigenvalue weighted by atomic mass is 10.1. The number of hydrogen-bond acceptors (Lipinski definition) is 4. The zero-order chi connectivity index (χ0) is 22.6. The number of anilines is 2. The molecular formula is C26H29N3O3. The molecule has 0 aliphatic rings. The second kappa shape index (κ2) is 12.2. The minimum Gasteiger partial charge on any atom is -0.491 e. The number of ether oxygens (including phenoxy) is 1. The molecule has 0 heterocycles. The Kier molecular flexibility index (Phi) is 8.69. The molecule has 0 aliphatic heterocycles. The van der Waals surface area contributed by atoms with Crippen LogP contribution in [0.15, 0.2) is 78.9 Å². The van der Waals surface area contributed by atoms with Crippen molar-refractivity contribution < 1.29 is 14.3 Å². The van der Waals surface area contributed by atoms with Crippen LogP contribution in [0.25, 0.3) is 0 Å². The van der Waals surface area contributed by atoms with Crippen molar-refractivity contribution in [3.8, 4) is 5.75 Å². The van der Waals surface area contributed by atoms with Gasteiger partial charge in [0.15, 0.2) is 0 Å². The van der Waals surface area contributed by atoms with Crippen molar-refractivity contribution in [1.82, 2.24) is 5.32 Å². The predicted octanol–water partition coefficient (Wildman–Crippen LogP) is 4.85. The Bertz CT molecular complexity index is 1000. The predicted molar refractivity (Wildman–Crippen MR) is 128 cm³/mol. The number of carbonyl (C=O) groups excluding carboxylic acids is 2. The standard InChI is InChI=1S/C26H29N3O3/c1-2-3-17-32-24-12-8-7-11-23(24)29-25(30)19-27-22-15-13-21(14-16-22)26(31)28-18-20-9-5-4-6-10-20/h4-16,27H,2-3,17-19H2,1H3,(H,28,31)(H,29,30). The van der Waals surface area contributed by atoms with Crippen molar-refractivity contribution in [2.75, 3.05) is 23.8 Å². The summed E-state index contributed by atoms with van der Waals surface area (Å²) >= 11 is 0. The number of carbonyl (C=O) groups is 2. The van der Waals surface area contributed by atoms with Gasteiger partial charge in [-0.2, -0.15) is 0 Å². The Morgan fingerprint density at radius 2 is 1.59 bits per heavy atom. The summed E-state index contributed by atoms with van der Waals surface area (Å²) in [7, 11) is 0. The van der Waals surface area contributed by atoms with Gasteiger partial charge >= 0.3 is 0 Å². The lowest BCUT2D eigenvalue weighted by Crippen LogP contribution is -2.23. The molecule has 0 aromatic heterocycles. The van der Waals surface area contributed by atoms with Crippen LogP contribution in [0.1, 0.15) is 35.7 Å². The molecule has 2 amide bonds. The van der Waals surface area contributed by atoms with Crippen molar-refractivity contribution in [1.29, 1.82) is 0 Å². The highest BCUT2D eigenvalue weighted by molar-refractivity contribution is 5.96. The number of benzene rings is 3. The second-order valence-corrected chi connectivity index (χ2v) is 7.35. The fourth-order valence-corrected chi connectivity index (χ4v) is 3.02. The van der Waals surface area contributed by atoms with E-state index in [0.717, 1.165) is 24.1 Å². The topological polar surface area (TPSA) is 79.5 Å². The summed E-state index contributed by atoms with van der Waals surface area (Å²) in [5.74, 6) is 0.346. The SMILES string of the molecule is CCCCOc1ccccc1NC(=O)CNc1ccc(C(=O)NCc2ccccc2)cc1. The number of para-hydroxylation sites is 2.